The van der Waals surface area contributed by atoms with Crippen molar-refractivity contribution in [3.63, 3.8) is 0 Å². The molecule has 2 aliphatic rings. The average molecular weight is 708 g/mol. The first-order valence-electron chi connectivity index (χ1n) is 15.1. The molecule has 48 heavy (non-hydrogen) atoms. The Bertz CT molecular complexity index is 2010. The number of anilines is 2. The molecule has 4 aromatic rings. The number of nitrogens with two attached hydrogens (primary N) is 1. The van der Waals surface area contributed by atoms with Gasteiger partial charge < -0.3 is 25.6 Å². The van der Waals surface area contributed by atoms with Gasteiger partial charge in [-0.25, -0.2) is 9.97 Å². The number of fused-ring (bicyclic) bond motifs is 1. The van der Waals surface area contributed by atoms with Crippen LogP contribution in [0.25, 0.3) is 22.2 Å². The summed E-state index contributed by atoms with van der Waals surface area (Å²) >= 11 is 12.5. The van der Waals surface area contributed by atoms with E-state index in [-0.39, 0.29) is 43.9 Å². The maximum absolute atomic E-state index is 13.9. The number of halogens is 5. The lowest BCUT2D eigenvalue weighted by Crippen LogP contribution is -2.52. The summed E-state index contributed by atoms with van der Waals surface area (Å²) in [5, 5.41) is 12.5. The molecule has 1 saturated carbocycles. The number of carbonyl (C=O) groups excluding carboxylic acids is 2. The van der Waals surface area contributed by atoms with Crippen molar-refractivity contribution < 1.29 is 27.9 Å². The Morgan fingerprint density at radius 2 is 1.88 bits per heavy atom. The highest BCUT2D eigenvalue weighted by Crippen LogP contribution is 2.37. The Hall–Kier alpha value is -4.34. The first kappa shape index (κ1) is 33.6. The zero-order valence-electron chi connectivity index (χ0n) is 25.8. The van der Waals surface area contributed by atoms with E-state index in [1.807, 2.05) is 0 Å². The summed E-state index contributed by atoms with van der Waals surface area (Å²) in [6, 6.07) is 4.15. The number of pyridine rings is 1. The predicted molar refractivity (Wildman–Crippen MR) is 174 cm³/mol. The maximum atomic E-state index is 13.9. The lowest BCUT2D eigenvalue weighted by molar-refractivity contribution is -0.147. The van der Waals surface area contributed by atoms with E-state index in [4.69, 9.17) is 28.9 Å². The van der Waals surface area contributed by atoms with Crippen LogP contribution in [0.15, 0.2) is 35.4 Å². The minimum absolute atomic E-state index is 0.00284. The third-order valence-electron chi connectivity index (χ3n) is 8.64. The predicted octanol–water partition coefficient (Wildman–Crippen LogP) is 4.49. The highest BCUT2D eigenvalue weighted by Gasteiger charge is 2.38. The molecule has 1 aliphatic carbocycles. The minimum atomic E-state index is -5.00. The molecular weight excluding hydrogens is 676 g/mol. The molecule has 12 nitrogen and oxygen atoms in total. The summed E-state index contributed by atoms with van der Waals surface area (Å²) in [5.74, 6) is -2.43. The van der Waals surface area contributed by atoms with E-state index in [2.05, 4.69) is 32.0 Å². The lowest BCUT2D eigenvalue weighted by Gasteiger charge is -2.40. The van der Waals surface area contributed by atoms with Crippen molar-refractivity contribution in [2.45, 2.75) is 38.5 Å². The van der Waals surface area contributed by atoms with Crippen molar-refractivity contribution in [2.75, 3.05) is 36.4 Å². The van der Waals surface area contributed by atoms with Crippen LogP contribution in [-0.2, 0) is 24.6 Å². The third kappa shape index (κ3) is 6.54. The normalized spacial score (nSPS) is 17.2. The quantitative estimate of drug-likeness (QED) is 0.243. The zero-order chi connectivity index (χ0) is 34.7. The number of amides is 2. The average Bonchev–Trinajstić information content (AvgIpc) is 3.75. The van der Waals surface area contributed by atoms with Gasteiger partial charge in [-0.2, -0.15) is 13.2 Å². The van der Waals surface area contributed by atoms with Crippen LogP contribution in [0.4, 0.5) is 24.7 Å². The van der Waals surface area contributed by atoms with Crippen molar-refractivity contribution >= 4 is 57.6 Å². The molecular formula is C31H31Cl2F3N8O4. The standard InChI is InChI=1S/C31H31Cl2F3N8O4/c1-15-11-42(12-16-3-4-16)5-6-44(15)23-9-22(21(33)10-38-23)39-24(45)14-43-13-19(17-7-18(27(37)47)26(46)20(32)8-17)25-28(43)40-30(31(34,35)36)41(2)29(25)48/h7-10,13,15-16,46H,3-6,11-12,14H2,1-2H3,(H2,37,47)(H,38,39,45)/t15-/m0/s1. The van der Waals surface area contributed by atoms with Crippen molar-refractivity contribution in [3.8, 4) is 16.9 Å². The zero-order valence-corrected chi connectivity index (χ0v) is 27.3. The Kier molecular flexibility index (Phi) is 8.81. The van der Waals surface area contributed by atoms with Gasteiger partial charge in [0, 0.05) is 57.1 Å². The number of primary amides is 1. The first-order valence-corrected chi connectivity index (χ1v) is 15.8. The molecule has 0 unspecified atom stereocenters. The van der Waals surface area contributed by atoms with E-state index in [9.17, 15) is 32.7 Å². The van der Waals surface area contributed by atoms with Gasteiger partial charge in [-0.3, -0.25) is 23.9 Å². The van der Waals surface area contributed by atoms with Crippen molar-refractivity contribution in [1.29, 1.82) is 0 Å². The molecule has 4 N–H and O–H groups in total. The number of carbonyl (C=O) groups is 2. The molecule has 2 fully saturated rings. The molecule has 0 spiro atoms. The number of alkyl halides is 3. The molecule has 4 heterocycles. The molecule has 2 amide bonds. The number of nitrogens with zero attached hydrogens (tertiary/aromatic N) is 6. The molecule has 1 aromatic carbocycles. The number of aromatic nitrogens is 4. The summed E-state index contributed by atoms with van der Waals surface area (Å²) in [7, 11) is 0.918. The summed E-state index contributed by atoms with van der Waals surface area (Å²) in [6.07, 6.45) is 0.212. The van der Waals surface area contributed by atoms with Crippen LogP contribution in [-0.4, -0.2) is 73.1 Å². The lowest BCUT2D eigenvalue weighted by atomic mass is 10.0. The monoisotopic (exact) mass is 706 g/mol. The van der Waals surface area contributed by atoms with E-state index >= 15 is 0 Å². The number of hydrogen-bond acceptors (Lipinski definition) is 8. The number of piperazine rings is 1. The summed E-state index contributed by atoms with van der Waals surface area (Å²) in [6.45, 7) is 5.07. The highest BCUT2D eigenvalue weighted by atomic mass is 35.5. The second kappa shape index (κ2) is 12.6. The van der Waals surface area contributed by atoms with Crippen molar-refractivity contribution in [2.24, 2.45) is 18.7 Å². The highest BCUT2D eigenvalue weighted by molar-refractivity contribution is 6.34. The number of rotatable bonds is 8. The van der Waals surface area contributed by atoms with Crippen LogP contribution < -0.4 is 21.5 Å². The molecule has 0 radical (unpaired) electrons. The smallest absolute Gasteiger partial charge is 0.449 e. The number of phenols is 1. The van der Waals surface area contributed by atoms with E-state index in [1.165, 1.54) is 31.3 Å². The van der Waals surface area contributed by atoms with Gasteiger partial charge in [0.2, 0.25) is 11.7 Å². The van der Waals surface area contributed by atoms with Gasteiger partial charge in [0.25, 0.3) is 11.5 Å². The van der Waals surface area contributed by atoms with E-state index in [0.717, 1.165) is 49.8 Å². The molecule has 6 rings (SSSR count). The van der Waals surface area contributed by atoms with Gasteiger partial charge in [0.05, 0.1) is 32.9 Å². The largest absolute Gasteiger partial charge is 0.506 e. The summed E-state index contributed by atoms with van der Waals surface area (Å²) in [4.78, 5) is 51.6. The SMILES string of the molecule is C[C@H]1CN(CC2CC2)CCN1c1cc(NC(=O)Cn2cc(-c3cc(Cl)c(O)c(C(N)=O)c3)c3c(=O)n(C)c(C(F)(F)F)nc32)c(Cl)cn1. The second-order valence-electron chi connectivity index (χ2n) is 12.2. The van der Waals surface area contributed by atoms with Gasteiger partial charge in [-0.15, -0.1) is 0 Å². The van der Waals surface area contributed by atoms with Crippen LogP contribution in [0.3, 0.4) is 0 Å². The molecule has 17 heteroatoms. The van der Waals surface area contributed by atoms with E-state index in [1.54, 1.807) is 6.07 Å². The fraction of sp³-hybridized carbons (Fsp3) is 0.387. The van der Waals surface area contributed by atoms with Gasteiger partial charge in [-0.05, 0) is 43.4 Å². The Morgan fingerprint density at radius 1 is 1.15 bits per heavy atom. The van der Waals surface area contributed by atoms with Gasteiger partial charge >= 0.3 is 6.18 Å². The third-order valence-corrected chi connectivity index (χ3v) is 9.23. The molecule has 1 aliphatic heterocycles. The van der Waals surface area contributed by atoms with Gasteiger partial charge in [0.15, 0.2) is 0 Å². The van der Waals surface area contributed by atoms with E-state index in [0.29, 0.717) is 10.4 Å². The number of nitrogens with one attached hydrogen (secondary N) is 1. The summed E-state index contributed by atoms with van der Waals surface area (Å²) < 4.78 is 43.2. The molecule has 3 aromatic heterocycles. The molecule has 0 bridgehead atoms. The fourth-order valence-corrected chi connectivity index (χ4v) is 6.45. The Morgan fingerprint density at radius 3 is 2.52 bits per heavy atom. The van der Waals surface area contributed by atoms with Crippen molar-refractivity contribution in [1.82, 2.24) is 24.0 Å². The minimum Gasteiger partial charge on any atom is -0.506 e. The van der Waals surface area contributed by atoms with Crippen LogP contribution >= 0.6 is 23.2 Å². The topological polar surface area (TPSA) is 152 Å². The van der Waals surface area contributed by atoms with Gasteiger partial charge in [-0.1, -0.05) is 23.2 Å². The molecule has 254 valence electrons. The number of hydrogen-bond donors (Lipinski definition) is 3. The Balaban J connectivity index is 1.34. The van der Waals surface area contributed by atoms with Gasteiger partial charge in [0.1, 0.15) is 23.8 Å². The van der Waals surface area contributed by atoms with E-state index < -0.39 is 47.3 Å². The number of aromatic hydroxyl groups is 1. The Labute approximate surface area is 281 Å². The maximum Gasteiger partial charge on any atom is 0.449 e. The van der Waals surface area contributed by atoms with Crippen molar-refractivity contribution in [3.05, 3.63) is 62.4 Å². The van der Waals surface area contributed by atoms with Crippen LogP contribution in [0, 0.1) is 5.92 Å². The van der Waals surface area contributed by atoms with Crippen LogP contribution in [0.5, 0.6) is 5.75 Å². The summed E-state index contributed by atoms with van der Waals surface area (Å²) in [5.41, 5.74) is 3.80. The second-order valence-corrected chi connectivity index (χ2v) is 13.0. The molecule has 1 atom stereocenters. The van der Waals surface area contributed by atoms with Crippen LogP contribution in [0.1, 0.15) is 35.9 Å². The first-order chi connectivity index (χ1) is 22.6. The van der Waals surface area contributed by atoms with Crippen LogP contribution in [0.2, 0.25) is 10.0 Å². The number of benzene rings is 1. The fourth-order valence-electron chi connectivity index (χ4n) is 6.08. The molecule has 1 saturated heterocycles.